The van der Waals surface area contributed by atoms with E-state index in [0.29, 0.717) is 41.3 Å². The summed E-state index contributed by atoms with van der Waals surface area (Å²) in [6.45, 7) is 2.77. The lowest BCUT2D eigenvalue weighted by Crippen LogP contribution is -2.28. The summed E-state index contributed by atoms with van der Waals surface area (Å²) in [4.78, 5) is 15.2. The molecule has 0 spiro atoms. The molecule has 1 atom stereocenters. The van der Waals surface area contributed by atoms with Crippen LogP contribution in [0.15, 0.2) is 60.4 Å². The Kier molecular flexibility index (Phi) is 5.41. The second-order valence-corrected chi connectivity index (χ2v) is 8.16. The number of carbonyl (C=O) groups is 1. The highest BCUT2D eigenvalue weighted by Gasteiger charge is 2.35. The van der Waals surface area contributed by atoms with E-state index in [9.17, 15) is 4.79 Å². The number of hydrogen-bond acceptors (Lipinski definition) is 9. The first kappa shape index (κ1) is 19.1. The number of hydrogen-bond donors (Lipinski definition) is 0. The van der Waals surface area contributed by atoms with Gasteiger partial charge < -0.3 is 13.3 Å². The third-order valence-corrected chi connectivity index (χ3v) is 5.97. The van der Waals surface area contributed by atoms with Gasteiger partial charge in [-0.1, -0.05) is 11.8 Å². The van der Waals surface area contributed by atoms with Crippen LogP contribution in [0.2, 0.25) is 0 Å². The Balaban J connectivity index is 1.25. The van der Waals surface area contributed by atoms with E-state index in [0.717, 1.165) is 13.1 Å². The molecule has 30 heavy (non-hydrogen) atoms. The van der Waals surface area contributed by atoms with Crippen LogP contribution in [0.1, 0.15) is 42.7 Å². The minimum absolute atomic E-state index is 0.136. The molecule has 9 nitrogen and oxygen atoms in total. The van der Waals surface area contributed by atoms with E-state index in [2.05, 4.69) is 20.2 Å². The number of likely N-dealkylation sites (tertiary alicyclic amines) is 1. The van der Waals surface area contributed by atoms with E-state index >= 15 is 0 Å². The molecule has 2 aliphatic rings. The highest BCUT2D eigenvalue weighted by atomic mass is 32.2. The number of rotatable bonds is 7. The largest absolute Gasteiger partial charge is 0.467 e. The molecule has 1 saturated heterocycles. The fourth-order valence-corrected chi connectivity index (χ4v) is 4.35. The van der Waals surface area contributed by atoms with Crippen molar-refractivity contribution in [2.75, 3.05) is 18.8 Å². The predicted octanol–water partition coefficient (Wildman–Crippen LogP) is 3.32. The fourth-order valence-electron chi connectivity index (χ4n) is 3.72. The van der Waals surface area contributed by atoms with Gasteiger partial charge in [-0.25, -0.2) is 5.01 Å². The van der Waals surface area contributed by atoms with Gasteiger partial charge in [-0.05, 0) is 50.2 Å². The van der Waals surface area contributed by atoms with Gasteiger partial charge in [-0.2, -0.15) is 5.10 Å². The smallest absolute Gasteiger partial charge is 0.277 e. The molecule has 1 amide bonds. The molecule has 156 valence electrons. The number of aromatic nitrogens is 2. The maximum absolute atomic E-state index is 13.0. The average molecular weight is 427 g/mol. The third-order valence-electron chi connectivity index (χ3n) is 5.17. The van der Waals surface area contributed by atoms with Crippen LogP contribution in [0.5, 0.6) is 0 Å². The first-order chi connectivity index (χ1) is 14.8. The SMILES string of the molecule is O=C(CSc1nnc(CN2CCCC2)o1)N1N=C(c2ccco2)C[C@H]1c1ccco1. The molecule has 10 heteroatoms. The summed E-state index contributed by atoms with van der Waals surface area (Å²) in [5, 5.41) is 14.5. The van der Waals surface area contributed by atoms with Gasteiger partial charge in [-0.3, -0.25) is 9.69 Å². The van der Waals surface area contributed by atoms with Crippen LogP contribution in [0, 0.1) is 0 Å². The van der Waals surface area contributed by atoms with Gasteiger partial charge in [0.1, 0.15) is 23.3 Å². The lowest BCUT2D eigenvalue weighted by molar-refractivity contribution is -0.130. The fraction of sp³-hybridized carbons (Fsp3) is 0.400. The van der Waals surface area contributed by atoms with E-state index in [-0.39, 0.29) is 17.7 Å². The summed E-state index contributed by atoms with van der Waals surface area (Å²) in [5.41, 5.74) is 0.713. The topological polar surface area (TPSA) is 101 Å². The summed E-state index contributed by atoms with van der Waals surface area (Å²) in [6.07, 6.45) is 6.13. The Morgan fingerprint density at radius 3 is 2.73 bits per heavy atom. The van der Waals surface area contributed by atoms with Crippen LogP contribution < -0.4 is 0 Å². The number of hydrazone groups is 1. The molecule has 1 fully saturated rings. The van der Waals surface area contributed by atoms with E-state index in [1.807, 2.05) is 12.1 Å². The molecule has 5 heterocycles. The summed E-state index contributed by atoms with van der Waals surface area (Å²) in [5.74, 6) is 1.89. The van der Waals surface area contributed by atoms with Crippen LogP contribution in [0.3, 0.4) is 0 Å². The standard InChI is InChI=1S/C20H21N5O4S/c26-19(13-30-20-22-21-18(29-20)12-24-7-1-2-8-24)25-15(17-6-4-10-28-17)11-14(23-25)16-5-3-9-27-16/h3-6,9-10,15H,1-2,7-8,11-13H2/t15-/m0/s1. The first-order valence-electron chi connectivity index (χ1n) is 9.90. The van der Waals surface area contributed by atoms with Crippen molar-refractivity contribution in [1.82, 2.24) is 20.1 Å². The highest BCUT2D eigenvalue weighted by Crippen LogP contribution is 2.34. The van der Waals surface area contributed by atoms with Gasteiger partial charge in [-0.15, -0.1) is 10.2 Å². The molecule has 2 aliphatic heterocycles. The Bertz CT molecular complexity index is 1010. The van der Waals surface area contributed by atoms with Gasteiger partial charge in [0, 0.05) is 6.42 Å². The monoisotopic (exact) mass is 427 g/mol. The lowest BCUT2D eigenvalue weighted by Gasteiger charge is -2.19. The Labute approximate surface area is 177 Å². The van der Waals surface area contributed by atoms with Crippen LogP contribution >= 0.6 is 11.8 Å². The second kappa shape index (κ2) is 8.49. The van der Waals surface area contributed by atoms with Crippen molar-refractivity contribution in [2.24, 2.45) is 5.10 Å². The lowest BCUT2D eigenvalue weighted by atomic mass is 10.1. The Hall–Kier alpha value is -2.85. The summed E-state index contributed by atoms with van der Waals surface area (Å²) < 4.78 is 16.7. The first-order valence-corrected chi connectivity index (χ1v) is 10.9. The van der Waals surface area contributed by atoms with Gasteiger partial charge >= 0.3 is 0 Å². The number of carbonyl (C=O) groups excluding carboxylic acids is 1. The van der Waals surface area contributed by atoms with Crippen LogP contribution in [0.25, 0.3) is 0 Å². The molecule has 0 saturated carbocycles. The molecule has 0 bridgehead atoms. The van der Waals surface area contributed by atoms with Crippen molar-refractivity contribution in [3.05, 3.63) is 54.2 Å². The van der Waals surface area contributed by atoms with E-state index in [4.69, 9.17) is 13.3 Å². The average Bonchev–Trinajstić information content (AvgIpc) is 3.56. The zero-order valence-corrected chi connectivity index (χ0v) is 17.1. The minimum atomic E-state index is -0.304. The van der Waals surface area contributed by atoms with Gasteiger partial charge in [0.05, 0.1) is 24.8 Å². The minimum Gasteiger partial charge on any atom is -0.467 e. The zero-order valence-electron chi connectivity index (χ0n) is 16.3. The molecule has 3 aromatic rings. The van der Waals surface area contributed by atoms with Gasteiger partial charge in [0.2, 0.25) is 5.89 Å². The number of furan rings is 2. The molecule has 3 aromatic heterocycles. The van der Waals surface area contributed by atoms with Crippen molar-refractivity contribution in [2.45, 2.75) is 37.1 Å². The van der Waals surface area contributed by atoms with Crippen LogP contribution in [-0.4, -0.2) is 50.6 Å². The summed E-state index contributed by atoms with van der Waals surface area (Å²) in [6, 6.07) is 6.98. The molecule has 0 aromatic carbocycles. The van der Waals surface area contributed by atoms with Crippen molar-refractivity contribution >= 4 is 23.4 Å². The van der Waals surface area contributed by atoms with Gasteiger partial charge in [0.15, 0.2) is 0 Å². The molecule has 0 N–H and O–H groups in total. The van der Waals surface area contributed by atoms with Crippen molar-refractivity contribution in [1.29, 1.82) is 0 Å². The number of amides is 1. The van der Waals surface area contributed by atoms with E-state index in [1.54, 1.807) is 24.7 Å². The van der Waals surface area contributed by atoms with Crippen LogP contribution in [0.4, 0.5) is 0 Å². The molecule has 0 radical (unpaired) electrons. The van der Waals surface area contributed by atoms with E-state index in [1.165, 1.54) is 29.6 Å². The van der Waals surface area contributed by atoms with E-state index < -0.39 is 0 Å². The quantitative estimate of drug-likeness (QED) is 0.529. The normalized spacial score (nSPS) is 19.5. The highest BCUT2D eigenvalue weighted by molar-refractivity contribution is 7.99. The third kappa shape index (κ3) is 4.05. The number of nitrogens with zero attached hydrogens (tertiary/aromatic N) is 5. The van der Waals surface area contributed by atoms with Crippen LogP contribution in [-0.2, 0) is 11.3 Å². The maximum Gasteiger partial charge on any atom is 0.277 e. The maximum atomic E-state index is 13.0. The Morgan fingerprint density at radius 1 is 1.13 bits per heavy atom. The summed E-state index contributed by atoms with van der Waals surface area (Å²) >= 11 is 1.22. The molecule has 0 aliphatic carbocycles. The van der Waals surface area contributed by atoms with Gasteiger partial charge in [0.25, 0.3) is 11.1 Å². The predicted molar refractivity (Wildman–Crippen MR) is 108 cm³/mol. The van der Waals surface area contributed by atoms with Crippen molar-refractivity contribution < 1.29 is 18.0 Å². The van der Waals surface area contributed by atoms with Crippen molar-refractivity contribution in [3.63, 3.8) is 0 Å². The molecular weight excluding hydrogens is 406 g/mol. The second-order valence-electron chi connectivity index (χ2n) is 7.23. The zero-order chi connectivity index (χ0) is 20.3. The summed E-state index contributed by atoms with van der Waals surface area (Å²) in [7, 11) is 0. The number of thioether (sulfide) groups is 1. The molecule has 0 unspecified atom stereocenters. The van der Waals surface area contributed by atoms with Crippen molar-refractivity contribution in [3.8, 4) is 0 Å². The molecular formula is C20H21N5O4S. The molecule has 5 rings (SSSR count). The Morgan fingerprint density at radius 2 is 1.97 bits per heavy atom.